The van der Waals surface area contributed by atoms with Crippen LogP contribution in [0.3, 0.4) is 0 Å². The summed E-state index contributed by atoms with van der Waals surface area (Å²) in [6, 6.07) is 32.3. The van der Waals surface area contributed by atoms with Crippen molar-refractivity contribution in [2.75, 3.05) is 5.73 Å². The standard InChI is InChI=1S/C44H41N5/c1-25-7-9-29(10-8-25)41-33-16-15-32(46-33)23-39-44(5,6)24-38(49-39)42(30-11-13-31(45)14-12-30)35-18-20-37(48-35)43(36-19-17-34(41)47-36)40-27(3)21-26(2)22-28(40)4/h7-23,46,48H,24,45H2,1-6H3. The SMILES string of the molecule is Cc1ccc(-c2c3nc(c(-c4c(C)cc(C)cc4C)c4ccc([nH]4)c(-c4ccc(N)cc4)c4nc(cc5ccc2[nH]5)C(C)(C)C4)C=C3)cc1. The Morgan fingerprint density at radius 2 is 1.14 bits per heavy atom. The number of hydrogen-bond donors (Lipinski definition) is 3. The number of aromatic nitrogens is 4. The third-order valence-electron chi connectivity index (χ3n) is 9.96. The highest BCUT2D eigenvalue weighted by molar-refractivity contribution is 5.97. The van der Waals surface area contributed by atoms with Gasteiger partial charge >= 0.3 is 0 Å². The van der Waals surface area contributed by atoms with Crippen LogP contribution in [0.15, 0.2) is 91.0 Å². The molecule has 0 unspecified atom stereocenters. The molecule has 0 atom stereocenters. The monoisotopic (exact) mass is 639 g/mol. The Hall–Kier alpha value is -5.68. The molecule has 8 rings (SSSR count). The minimum atomic E-state index is -0.165. The van der Waals surface area contributed by atoms with E-state index in [9.17, 15) is 0 Å². The van der Waals surface area contributed by atoms with Crippen molar-refractivity contribution < 1.29 is 0 Å². The van der Waals surface area contributed by atoms with E-state index in [0.717, 1.165) is 84.8 Å². The van der Waals surface area contributed by atoms with Crippen molar-refractivity contribution >= 4 is 39.9 Å². The molecule has 0 spiro atoms. The molecule has 5 heteroatoms. The van der Waals surface area contributed by atoms with Crippen molar-refractivity contribution in [2.45, 2.75) is 53.4 Å². The maximum atomic E-state index is 6.16. The van der Waals surface area contributed by atoms with E-state index >= 15 is 0 Å². The first kappa shape index (κ1) is 30.6. The van der Waals surface area contributed by atoms with Gasteiger partial charge in [-0.05, 0) is 110 Å². The number of fused-ring (bicyclic) bond motifs is 8. The van der Waals surface area contributed by atoms with E-state index in [2.05, 4.69) is 143 Å². The predicted molar refractivity (Wildman–Crippen MR) is 206 cm³/mol. The van der Waals surface area contributed by atoms with Gasteiger partial charge in [0.1, 0.15) is 0 Å². The smallest absolute Gasteiger partial charge is 0.0737 e. The highest BCUT2D eigenvalue weighted by Crippen LogP contribution is 2.40. The molecule has 0 amide bonds. The van der Waals surface area contributed by atoms with Crippen LogP contribution in [0.2, 0.25) is 0 Å². The largest absolute Gasteiger partial charge is 0.399 e. The Morgan fingerprint density at radius 1 is 0.571 bits per heavy atom. The minimum absolute atomic E-state index is 0.165. The number of H-pyrrole nitrogens is 2. The number of rotatable bonds is 3. The molecule has 4 N–H and O–H groups in total. The van der Waals surface area contributed by atoms with Crippen molar-refractivity contribution in [3.63, 3.8) is 0 Å². The number of anilines is 1. The molecular weight excluding hydrogens is 599 g/mol. The zero-order valence-corrected chi connectivity index (χ0v) is 29.0. The van der Waals surface area contributed by atoms with Crippen molar-refractivity contribution in [3.8, 4) is 33.4 Å². The fourth-order valence-corrected chi connectivity index (χ4v) is 7.60. The summed E-state index contributed by atoms with van der Waals surface area (Å²) in [5.41, 5.74) is 26.3. The minimum Gasteiger partial charge on any atom is -0.399 e. The molecule has 0 radical (unpaired) electrons. The summed E-state index contributed by atoms with van der Waals surface area (Å²) < 4.78 is 0. The molecule has 2 aliphatic rings. The summed E-state index contributed by atoms with van der Waals surface area (Å²) in [5, 5.41) is 0. The number of aromatic amines is 2. The normalized spacial score (nSPS) is 13.6. The third-order valence-corrected chi connectivity index (χ3v) is 9.96. The van der Waals surface area contributed by atoms with Crippen LogP contribution >= 0.6 is 0 Å². The van der Waals surface area contributed by atoms with Crippen LogP contribution in [-0.4, -0.2) is 19.9 Å². The van der Waals surface area contributed by atoms with E-state index in [1.54, 1.807) is 0 Å². The zero-order valence-electron chi connectivity index (χ0n) is 29.0. The maximum absolute atomic E-state index is 6.16. The average Bonchev–Trinajstić information content (AvgIpc) is 3.86. The van der Waals surface area contributed by atoms with Gasteiger partial charge in [0.05, 0.1) is 17.1 Å². The lowest BCUT2D eigenvalue weighted by molar-refractivity contribution is 0.544. The van der Waals surface area contributed by atoms with Gasteiger partial charge in [-0.1, -0.05) is 73.5 Å². The summed E-state index contributed by atoms with van der Waals surface area (Å²) in [6.07, 6.45) is 5.13. The zero-order chi connectivity index (χ0) is 34.0. The van der Waals surface area contributed by atoms with Gasteiger partial charge in [-0.2, -0.15) is 0 Å². The summed E-state index contributed by atoms with van der Waals surface area (Å²) in [7, 11) is 0. The molecule has 3 aromatic carbocycles. The van der Waals surface area contributed by atoms with E-state index in [1.807, 2.05) is 12.1 Å². The molecule has 49 heavy (non-hydrogen) atoms. The van der Waals surface area contributed by atoms with Crippen LogP contribution in [0, 0.1) is 27.7 Å². The van der Waals surface area contributed by atoms with Crippen molar-refractivity contribution in [1.82, 2.24) is 19.9 Å². The molecule has 8 bridgehead atoms. The Bertz CT molecular complexity index is 2450. The van der Waals surface area contributed by atoms with Crippen LogP contribution in [0.1, 0.15) is 58.9 Å². The van der Waals surface area contributed by atoms with Crippen LogP contribution in [0.4, 0.5) is 5.69 Å². The van der Waals surface area contributed by atoms with Gasteiger partial charge in [0.2, 0.25) is 0 Å². The van der Waals surface area contributed by atoms with Crippen molar-refractivity contribution in [2.24, 2.45) is 0 Å². The first-order valence-corrected chi connectivity index (χ1v) is 17.0. The molecule has 0 saturated carbocycles. The lowest BCUT2D eigenvalue weighted by Gasteiger charge is -2.16. The molecule has 0 fully saturated rings. The lowest BCUT2D eigenvalue weighted by atomic mass is 9.85. The molecule has 0 saturated heterocycles. The number of aryl methyl sites for hydroxylation is 4. The van der Waals surface area contributed by atoms with Gasteiger partial charge in [0.25, 0.3) is 0 Å². The summed E-state index contributed by atoms with van der Waals surface area (Å²) in [5.74, 6) is 0. The summed E-state index contributed by atoms with van der Waals surface area (Å²) in [4.78, 5) is 18.4. The molecule has 3 aromatic heterocycles. The number of nitrogens with zero attached hydrogens (tertiary/aromatic N) is 2. The summed E-state index contributed by atoms with van der Waals surface area (Å²) >= 11 is 0. The number of benzene rings is 3. The summed E-state index contributed by atoms with van der Waals surface area (Å²) in [6.45, 7) is 13.2. The fourth-order valence-electron chi connectivity index (χ4n) is 7.60. The van der Waals surface area contributed by atoms with Gasteiger partial charge in [-0.15, -0.1) is 0 Å². The molecule has 5 nitrogen and oxygen atoms in total. The fraction of sp³-hybridized carbons (Fsp3) is 0.182. The van der Waals surface area contributed by atoms with Gasteiger partial charge in [0, 0.05) is 62.0 Å². The first-order valence-electron chi connectivity index (χ1n) is 17.0. The molecular formula is C44H41N5. The molecule has 0 aliphatic carbocycles. The number of hydrogen-bond acceptors (Lipinski definition) is 3. The molecule has 6 aromatic rings. The van der Waals surface area contributed by atoms with E-state index in [-0.39, 0.29) is 5.41 Å². The number of nitrogen functional groups attached to an aromatic ring is 1. The van der Waals surface area contributed by atoms with Crippen molar-refractivity contribution in [3.05, 3.63) is 136 Å². The number of nitrogens with one attached hydrogen (secondary N) is 2. The second-order valence-electron chi connectivity index (χ2n) is 14.4. The van der Waals surface area contributed by atoms with Crippen molar-refractivity contribution in [1.29, 1.82) is 0 Å². The Morgan fingerprint density at radius 3 is 1.84 bits per heavy atom. The first-order chi connectivity index (χ1) is 23.5. The number of nitrogens with two attached hydrogens (primary N) is 1. The predicted octanol–water partition coefficient (Wildman–Crippen LogP) is 10.8. The highest BCUT2D eigenvalue weighted by Gasteiger charge is 2.31. The molecule has 242 valence electrons. The van der Waals surface area contributed by atoms with Gasteiger partial charge in [-0.25, -0.2) is 4.98 Å². The van der Waals surface area contributed by atoms with E-state index in [4.69, 9.17) is 15.7 Å². The lowest BCUT2D eigenvalue weighted by Crippen LogP contribution is -2.15. The van der Waals surface area contributed by atoms with Gasteiger partial charge in [0.15, 0.2) is 0 Å². The van der Waals surface area contributed by atoms with E-state index in [1.165, 1.54) is 27.8 Å². The Balaban J connectivity index is 1.57. The highest BCUT2D eigenvalue weighted by atomic mass is 14.8. The molecule has 2 aliphatic heterocycles. The second-order valence-corrected chi connectivity index (χ2v) is 14.4. The molecule has 5 heterocycles. The quantitative estimate of drug-likeness (QED) is 0.168. The van der Waals surface area contributed by atoms with Gasteiger partial charge < -0.3 is 15.7 Å². The topological polar surface area (TPSA) is 83.4 Å². The van der Waals surface area contributed by atoms with E-state index in [0.29, 0.717) is 0 Å². The van der Waals surface area contributed by atoms with Crippen LogP contribution in [0.25, 0.3) is 67.6 Å². The third kappa shape index (κ3) is 5.45. The van der Waals surface area contributed by atoms with Crippen LogP contribution in [-0.2, 0) is 11.8 Å². The second kappa shape index (κ2) is 11.5. The van der Waals surface area contributed by atoms with E-state index < -0.39 is 0 Å². The van der Waals surface area contributed by atoms with Gasteiger partial charge in [-0.3, -0.25) is 4.98 Å². The maximum Gasteiger partial charge on any atom is 0.0737 e. The Kier molecular flexibility index (Phi) is 7.18. The van der Waals surface area contributed by atoms with Crippen LogP contribution in [0.5, 0.6) is 0 Å². The Labute approximate surface area is 287 Å². The van der Waals surface area contributed by atoms with Crippen LogP contribution < -0.4 is 5.73 Å². The average molecular weight is 640 g/mol.